The fourth-order valence-electron chi connectivity index (χ4n) is 1.34. The normalized spacial score (nSPS) is 10.7. The minimum absolute atomic E-state index is 0.624. The second kappa shape index (κ2) is 13.9. The van der Waals surface area contributed by atoms with Crippen molar-refractivity contribution in [1.82, 2.24) is 4.90 Å². The Morgan fingerprint density at radius 3 is 1.88 bits per heavy atom. The lowest BCUT2D eigenvalue weighted by atomic mass is 10.4. The average molecular weight is 306 g/mol. The van der Waals surface area contributed by atoms with Gasteiger partial charge in [0.05, 0.1) is 26.4 Å². The first-order chi connectivity index (χ1) is 8.35. The number of nitrogens with zero attached hydrogens (tertiary/aromatic N) is 1. The zero-order chi connectivity index (χ0) is 12.8. The Bertz CT molecular complexity index is 172. The molecule has 0 aliphatic rings. The molecule has 0 atom stereocenters. The molecule has 0 aromatic rings. The standard InChI is InChI=1S/C13H24BrNO2/c1-3-10-16-12-8-15(7-5-6-14)9-13-17-11-4-2/h3-4H,1-2,5-13H2. The molecule has 0 rings (SSSR count). The van der Waals surface area contributed by atoms with Crippen molar-refractivity contribution in [2.75, 3.05) is 51.4 Å². The van der Waals surface area contributed by atoms with E-state index >= 15 is 0 Å². The lowest BCUT2D eigenvalue weighted by molar-refractivity contribution is 0.0924. The van der Waals surface area contributed by atoms with Crippen LogP contribution >= 0.6 is 15.9 Å². The first-order valence-electron chi connectivity index (χ1n) is 6.00. The van der Waals surface area contributed by atoms with Gasteiger partial charge in [-0.05, 0) is 13.0 Å². The summed E-state index contributed by atoms with van der Waals surface area (Å²) >= 11 is 3.45. The average Bonchev–Trinajstić information content (AvgIpc) is 2.35. The highest BCUT2D eigenvalue weighted by Gasteiger charge is 2.03. The Balaban J connectivity index is 3.62. The largest absolute Gasteiger partial charge is 0.376 e. The van der Waals surface area contributed by atoms with Crippen molar-refractivity contribution in [1.29, 1.82) is 0 Å². The summed E-state index contributed by atoms with van der Waals surface area (Å²) in [5, 5.41) is 1.03. The maximum absolute atomic E-state index is 5.39. The van der Waals surface area contributed by atoms with Gasteiger partial charge in [-0.15, -0.1) is 13.2 Å². The first-order valence-corrected chi connectivity index (χ1v) is 7.13. The number of hydrogen-bond donors (Lipinski definition) is 0. The van der Waals surface area contributed by atoms with Crippen LogP contribution in [0.1, 0.15) is 6.42 Å². The smallest absolute Gasteiger partial charge is 0.0645 e. The Morgan fingerprint density at radius 1 is 0.941 bits per heavy atom. The Morgan fingerprint density at radius 2 is 1.47 bits per heavy atom. The second-order valence-corrected chi connectivity index (χ2v) is 4.40. The van der Waals surface area contributed by atoms with Crippen LogP contribution in [0.3, 0.4) is 0 Å². The van der Waals surface area contributed by atoms with Crippen LogP contribution in [0.4, 0.5) is 0 Å². The van der Waals surface area contributed by atoms with E-state index in [1.165, 1.54) is 0 Å². The van der Waals surface area contributed by atoms with Gasteiger partial charge in [0.15, 0.2) is 0 Å². The predicted octanol–water partition coefficient (Wildman–Crippen LogP) is 2.48. The van der Waals surface area contributed by atoms with Crippen molar-refractivity contribution >= 4 is 15.9 Å². The summed E-state index contributed by atoms with van der Waals surface area (Å²) in [5.41, 5.74) is 0. The number of halogens is 1. The van der Waals surface area contributed by atoms with E-state index in [0.29, 0.717) is 13.2 Å². The van der Waals surface area contributed by atoms with E-state index in [2.05, 4.69) is 34.0 Å². The molecule has 0 radical (unpaired) electrons. The van der Waals surface area contributed by atoms with Crippen LogP contribution in [0.2, 0.25) is 0 Å². The number of alkyl halides is 1. The maximum Gasteiger partial charge on any atom is 0.0645 e. The zero-order valence-corrected chi connectivity index (χ0v) is 12.2. The Hall–Kier alpha value is -0.160. The zero-order valence-electron chi connectivity index (χ0n) is 10.6. The molecule has 4 heteroatoms. The third-order valence-electron chi connectivity index (χ3n) is 2.18. The molecule has 0 spiro atoms. The molecule has 3 nitrogen and oxygen atoms in total. The molecule has 0 fully saturated rings. The van der Waals surface area contributed by atoms with Gasteiger partial charge >= 0.3 is 0 Å². The SMILES string of the molecule is C=CCOCCN(CCCBr)CCOCC=C. The molecule has 0 aliphatic heterocycles. The van der Waals surface area contributed by atoms with Crippen molar-refractivity contribution in [2.24, 2.45) is 0 Å². The molecule has 0 aliphatic carbocycles. The monoisotopic (exact) mass is 305 g/mol. The highest BCUT2D eigenvalue weighted by molar-refractivity contribution is 9.09. The molecule has 0 N–H and O–H groups in total. The molecule has 0 unspecified atom stereocenters. The van der Waals surface area contributed by atoms with Crippen molar-refractivity contribution in [2.45, 2.75) is 6.42 Å². The van der Waals surface area contributed by atoms with Gasteiger partial charge < -0.3 is 9.47 Å². The van der Waals surface area contributed by atoms with Crippen LogP contribution in [0, 0.1) is 0 Å². The van der Waals surface area contributed by atoms with Crippen molar-refractivity contribution < 1.29 is 9.47 Å². The van der Waals surface area contributed by atoms with Crippen molar-refractivity contribution in [3.63, 3.8) is 0 Å². The van der Waals surface area contributed by atoms with Crippen LogP contribution in [0.25, 0.3) is 0 Å². The lowest BCUT2D eigenvalue weighted by Gasteiger charge is -2.21. The highest BCUT2D eigenvalue weighted by atomic mass is 79.9. The molecule has 0 aromatic carbocycles. The molecule has 0 saturated carbocycles. The molecule has 0 heterocycles. The van der Waals surface area contributed by atoms with E-state index in [1.807, 2.05) is 0 Å². The van der Waals surface area contributed by atoms with Crippen LogP contribution in [0.5, 0.6) is 0 Å². The predicted molar refractivity (Wildman–Crippen MR) is 76.9 cm³/mol. The summed E-state index contributed by atoms with van der Waals surface area (Å²) in [6.45, 7) is 12.9. The minimum Gasteiger partial charge on any atom is -0.376 e. The van der Waals surface area contributed by atoms with Gasteiger partial charge in [0.2, 0.25) is 0 Å². The van der Waals surface area contributed by atoms with Gasteiger partial charge in [0.1, 0.15) is 0 Å². The van der Waals surface area contributed by atoms with Crippen LogP contribution in [-0.2, 0) is 9.47 Å². The highest BCUT2D eigenvalue weighted by Crippen LogP contribution is 1.96. The molecular weight excluding hydrogens is 282 g/mol. The third kappa shape index (κ3) is 12.1. The van der Waals surface area contributed by atoms with E-state index in [9.17, 15) is 0 Å². The van der Waals surface area contributed by atoms with Gasteiger partial charge in [-0.3, -0.25) is 4.90 Å². The molecular formula is C13H24BrNO2. The van der Waals surface area contributed by atoms with E-state index in [0.717, 1.165) is 44.6 Å². The summed E-state index contributed by atoms with van der Waals surface area (Å²) < 4.78 is 10.8. The van der Waals surface area contributed by atoms with Crippen LogP contribution in [-0.4, -0.2) is 56.3 Å². The van der Waals surface area contributed by atoms with E-state index in [-0.39, 0.29) is 0 Å². The molecule has 0 bridgehead atoms. The van der Waals surface area contributed by atoms with Crippen LogP contribution in [0.15, 0.2) is 25.3 Å². The second-order valence-electron chi connectivity index (χ2n) is 3.61. The van der Waals surface area contributed by atoms with Gasteiger partial charge in [0.25, 0.3) is 0 Å². The Labute approximate surface area is 114 Å². The summed E-state index contributed by atoms with van der Waals surface area (Å²) in [5.74, 6) is 0. The molecule has 0 amide bonds. The summed E-state index contributed by atoms with van der Waals surface area (Å²) in [7, 11) is 0. The minimum atomic E-state index is 0.624. The first kappa shape index (κ1) is 16.8. The third-order valence-corrected chi connectivity index (χ3v) is 2.74. The number of hydrogen-bond acceptors (Lipinski definition) is 3. The maximum atomic E-state index is 5.39. The molecule has 17 heavy (non-hydrogen) atoms. The van der Waals surface area contributed by atoms with E-state index in [4.69, 9.17) is 9.47 Å². The fourth-order valence-corrected chi connectivity index (χ4v) is 1.59. The quantitative estimate of drug-likeness (QED) is 0.296. The fraction of sp³-hybridized carbons (Fsp3) is 0.692. The summed E-state index contributed by atoms with van der Waals surface area (Å²) in [6, 6.07) is 0. The van der Waals surface area contributed by atoms with Crippen LogP contribution < -0.4 is 0 Å². The van der Waals surface area contributed by atoms with Crippen molar-refractivity contribution in [3.05, 3.63) is 25.3 Å². The molecule has 0 aromatic heterocycles. The van der Waals surface area contributed by atoms with Gasteiger partial charge in [0, 0.05) is 18.4 Å². The van der Waals surface area contributed by atoms with Crippen molar-refractivity contribution in [3.8, 4) is 0 Å². The van der Waals surface area contributed by atoms with E-state index in [1.54, 1.807) is 12.2 Å². The summed E-state index contributed by atoms with van der Waals surface area (Å²) in [6.07, 6.45) is 4.69. The number of rotatable bonds is 13. The Kier molecular flexibility index (Phi) is 13.8. The van der Waals surface area contributed by atoms with Gasteiger partial charge in [-0.2, -0.15) is 0 Å². The van der Waals surface area contributed by atoms with Gasteiger partial charge in [-0.1, -0.05) is 28.1 Å². The summed E-state index contributed by atoms with van der Waals surface area (Å²) in [4.78, 5) is 2.35. The lowest BCUT2D eigenvalue weighted by Crippen LogP contribution is -2.32. The number of ether oxygens (including phenoxy) is 2. The van der Waals surface area contributed by atoms with E-state index < -0.39 is 0 Å². The van der Waals surface area contributed by atoms with Gasteiger partial charge in [-0.25, -0.2) is 0 Å². The molecule has 0 saturated heterocycles. The molecule has 100 valence electrons. The topological polar surface area (TPSA) is 21.7 Å².